The van der Waals surface area contributed by atoms with Gasteiger partial charge in [-0.1, -0.05) is 11.6 Å². The Balaban J connectivity index is 0.000000557. The molecule has 0 bridgehead atoms. The molecule has 0 saturated carbocycles. The molecule has 3 aromatic rings. The molecule has 0 amide bonds. The van der Waals surface area contributed by atoms with Crippen LogP contribution in [-0.2, 0) is 19.2 Å². The number of piperidine rings is 1. The average Bonchev–Trinajstić information content (AvgIpc) is 3.64. The monoisotopic (exact) mass is 588 g/mol. The number of nitro groups is 1. The normalized spacial score (nSPS) is 15.2. The lowest BCUT2D eigenvalue weighted by Crippen LogP contribution is -2.32. The van der Waals surface area contributed by atoms with Crippen LogP contribution in [0.2, 0.25) is 0 Å². The molecule has 1 aromatic carbocycles. The molecule has 40 heavy (non-hydrogen) atoms. The Bertz CT molecular complexity index is 1380. The summed E-state index contributed by atoms with van der Waals surface area (Å²) < 4.78 is 8.91. The lowest BCUT2D eigenvalue weighted by atomic mass is 10.1. The highest BCUT2D eigenvalue weighted by Gasteiger charge is 2.33. The maximum absolute atomic E-state index is 11.1. The Morgan fingerprint density at radius 1 is 1.12 bits per heavy atom. The molecule has 12 nitrogen and oxygen atoms in total. The molecule has 2 aliphatic heterocycles. The number of thioether (sulfide) groups is 1. The van der Waals surface area contributed by atoms with E-state index in [1.807, 2.05) is 36.7 Å². The fourth-order valence-corrected chi connectivity index (χ4v) is 6.52. The molecular formula is C26H28N4O8S2. The van der Waals surface area contributed by atoms with Gasteiger partial charge in [0.25, 0.3) is 5.69 Å². The SMILES string of the molecule is CSc1sc2c(c1-c1ccc([N+](=O)[O-])cc1)-n1cccc1/C2=N/OCOCCN1CCCCC1.O=C(O)C(=O)O. The molecule has 0 atom stereocenters. The van der Waals surface area contributed by atoms with Gasteiger partial charge < -0.3 is 29.3 Å². The summed E-state index contributed by atoms with van der Waals surface area (Å²) in [7, 11) is 0. The number of rotatable bonds is 9. The number of ether oxygens (including phenoxy) is 1. The van der Waals surface area contributed by atoms with Crippen molar-refractivity contribution in [1.82, 2.24) is 9.47 Å². The Kier molecular flexibility index (Phi) is 9.93. The van der Waals surface area contributed by atoms with Gasteiger partial charge in [-0.15, -0.1) is 23.1 Å². The summed E-state index contributed by atoms with van der Waals surface area (Å²) in [5.41, 5.74) is 4.87. The number of nitrogens with zero attached hydrogens (tertiary/aromatic N) is 4. The Labute approximate surface area is 238 Å². The van der Waals surface area contributed by atoms with Gasteiger partial charge >= 0.3 is 11.9 Å². The zero-order chi connectivity index (χ0) is 28.6. The lowest BCUT2D eigenvalue weighted by molar-refractivity contribution is -0.384. The number of nitro benzene ring substituents is 1. The summed E-state index contributed by atoms with van der Waals surface area (Å²) in [5, 5.41) is 30.3. The number of thiophene rings is 1. The van der Waals surface area contributed by atoms with E-state index < -0.39 is 11.9 Å². The number of carboxylic acids is 2. The second-order valence-corrected chi connectivity index (χ2v) is 10.9. The first-order valence-electron chi connectivity index (χ1n) is 12.4. The molecule has 212 valence electrons. The van der Waals surface area contributed by atoms with E-state index in [4.69, 9.17) is 29.4 Å². The first kappa shape index (κ1) is 29.3. The van der Waals surface area contributed by atoms with Crippen LogP contribution < -0.4 is 0 Å². The molecule has 1 saturated heterocycles. The summed E-state index contributed by atoms with van der Waals surface area (Å²) in [5.74, 6) is -3.65. The van der Waals surface area contributed by atoms with Crippen molar-refractivity contribution >= 4 is 46.4 Å². The number of aliphatic carboxylic acids is 2. The molecular weight excluding hydrogens is 560 g/mol. The number of aromatic nitrogens is 1. The summed E-state index contributed by atoms with van der Waals surface area (Å²) >= 11 is 3.32. The van der Waals surface area contributed by atoms with Crippen LogP contribution in [0.5, 0.6) is 0 Å². The molecule has 1 fully saturated rings. The molecule has 14 heteroatoms. The van der Waals surface area contributed by atoms with Crippen LogP contribution in [0, 0.1) is 10.1 Å². The maximum Gasteiger partial charge on any atom is 0.414 e. The van der Waals surface area contributed by atoms with Crippen molar-refractivity contribution in [3.05, 3.63) is 63.3 Å². The highest BCUT2D eigenvalue weighted by Crippen LogP contribution is 2.48. The molecule has 0 radical (unpaired) electrons. The van der Waals surface area contributed by atoms with E-state index in [1.54, 1.807) is 35.2 Å². The van der Waals surface area contributed by atoms with Crippen LogP contribution in [0.1, 0.15) is 29.8 Å². The van der Waals surface area contributed by atoms with Crippen LogP contribution in [0.3, 0.4) is 0 Å². The highest BCUT2D eigenvalue weighted by atomic mass is 32.2. The number of likely N-dealkylation sites (tertiary alicyclic amines) is 1. The fraction of sp³-hybridized carbons (Fsp3) is 0.346. The molecule has 4 heterocycles. The lowest BCUT2D eigenvalue weighted by Gasteiger charge is -2.25. The van der Waals surface area contributed by atoms with Gasteiger partial charge in [-0.2, -0.15) is 0 Å². The van der Waals surface area contributed by atoms with Gasteiger partial charge in [-0.05, 0) is 62.0 Å². The topological polar surface area (TPSA) is 157 Å². The van der Waals surface area contributed by atoms with Crippen molar-refractivity contribution in [2.24, 2.45) is 5.16 Å². The van der Waals surface area contributed by atoms with Crippen molar-refractivity contribution in [3.8, 4) is 16.8 Å². The van der Waals surface area contributed by atoms with E-state index in [1.165, 1.54) is 19.3 Å². The number of fused-ring (bicyclic) bond motifs is 3. The van der Waals surface area contributed by atoms with Crippen LogP contribution >= 0.6 is 23.1 Å². The van der Waals surface area contributed by atoms with E-state index in [0.29, 0.717) is 6.61 Å². The van der Waals surface area contributed by atoms with Gasteiger partial charge in [0.1, 0.15) is 5.71 Å². The Hall–Kier alpha value is -3.72. The minimum absolute atomic E-state index is 0.0823. The Morgan fingerprint density at radius 3 is 2.45 bits per heavy atom. The number of carboxylic acid groups (broad SMARTS) is 2. The average molecular weight is 589 g/mol. The zero-order valence-electron chi connectivity index (χ0n) is 21.6. The number of non-ortho nitro benzene ring substituents is 1. The van der Waals surface area contributed by atoms with E-state index >= 15 is 0 Å². The third-order valence-corrected chi connectivity index (χ3v) is 8.63. The largest absolute Gasteiger partial charge is 0.473 e. The second kappa shape index (κ2) is 13.6. The number of oxime groups is 1. The third kappa shape index (κ3) is 6.70. The third-order valence-electron chi connectivity index (χ3n) is 6.33. The fourth-order valence-electron chi connectivity index (χ4n) is 4.48. The van der Waals surface area contributed by atoms with Crippen LogP contribution in [0.25, 0.3) is 16.8 Å². The first-order chi connectivity index (χ1) is 19.3. The molecule has 2 aliphatic rings. The van der Waals surface area contributed by atoms with Crippen molar-refractivity contribution < 1.29 is 34.3 Å². The van der Waals surface area contributed by atoms with Crippen molar-refractivity contribution in [2.45, 2.75) is 23.5 Å². The molecule has 2 aromatic heterocycles. The molecule has 0 unspecified atom stereocenters. The second-order valence-electron chi connectivity index (χ2n) is 8.82. The molecule has 0 aliphatic carbocycles. The number of carbonyl (C=O) groups is 2. The van der Waals surface area contributed by atoms with Crippen LogP contribution in [0.15, 0.2) is 52.0 Å². The Morgan fingerprint density at radius 2 is 1.82 bits per heavy atom. The van der Waals surface area contributed by atoms with Crippen molar-refractivity contribution in [3.63, 3.8) is 0 Å². The summed E-state index contributed by atoms with van der Waals surface area (Å²) in [6, 6.07) is 10.7. The minimum Gasteiger partial charge on any atom is -0.473 e. The summed E-state index contributed by atoms with van der Waals surface area (Å²) in [6.07, 6.45) is 7.92. The van der Waals surface area contributed by atoms with E-state index in [0.717, 1.165) is 56.9 Å². The summed E-state index contributed by atoms with van der Waals surface area (Å²) in [6.45, 7) is 3.97. The maximum atomic E-state index is 11.1. The smallest absolute Gasteiger partial charge is 0.414 e. The minimum atomic E-state index is -1.82. The first-order valence-corrected chi connectivity index (χ1v) is 14.5. The molecule has 5 rings (SSSR count). The van der Waals surface area contributed by atoms with Crippen LogP contribution in [0.4, 0.5) is 5.69 Å². The van der Waals surface area contributed by atoms with Crippen LogP contribution in [-0.4, -0.2) is 81.5 Å². The van der Waals surface area contributed by atoms with Gasteiger partial charge in [-0.3, -0.25) is 10.1 Å². The number of hydrogen-bond acceptors (Lipinski definition) is 10. The zero-order valence-corrected chi connectivity index (χ0v) is 23.3. The van der Waals surface area contributed by atoms with Gasteiger partial charge in [0.2, 0.25) is 6.79 Å². The number of hydrogen-bond donors (Lipinski definition) is 2. The van der Waals surface area contributed by atoms with Crippen molar-refractivity contribution in [1.29, 1.82) is 0 Å². The predicted octanol–water partition coefficient (Wildman–Crippen LogP) is 4.53. The van der Waals surface area contributed by atoms with Gasteiger partial charge in [-0.25, -0.2) is 9.59 Å². The van der Waals surface area contributed by atoms with Gasteiger partial charge in [0.05, 0.1) is 32.0 Å². The quantitative estimate of drug-likeness (QED) is 0.0711. The van der Waals surface area contributed by atoms with E-state index in [9.17, 15) is 10.1 Å². The molecule has 0 spiro atoms. The van der Waals surface area contributed by atoms with Gasteiger partial charge in [0.15, 0.2) is 0 Å². The van der Waals surface area contributed by atoms with E-state index in [-0.39, 0.29) is 17.4 Å². The van der Waals surface area contributed by atoms with Crippen molar-refractivity contribution in [2.75, 3.05) is 39.3 Å². The highest BCUT2D eigenvalue weighted by molar-refractivity contribution is 8.00. The standard InChI is InChI=1S/C24H26N4O4S2.C2H2O4/c1-33-24-20(17-7-9-18(10-8-17)28(29)30)22-23(34-24)21(19-6-5-13-27(19)22)25-32-16-31-15-14-26-11-3-2-4-12-26;3-1(4)2(5)6/h5-10,13H,2-4,11-12,14-16H2,1H3;(H,3,4)(H,5,6)/b25-21-;. The molecule has 2 N–H and O–H groups in total. The van der Waals surface area contributed by atoms with E-state index in [2.05, 4.69) is 14.6 Å². The number of benzene rings is 1. The van der Waals surface area contributed by atoms with Gasteiger partial charge in [0, 0.05) is 30.4 Å². The summed E-state index contributed by atoms with van der Waals surface area (Å²) in [4.78, 5) is 37.9. The predicted molar refractivity (Wildman–Crippen MR) is 151 cm³/mol.